The van der Waals surface area contributed by atoms with E-state index in [2.05, 4.69) is 6.58 Å². The van der Waals surface area contributed by atoms with Gasteiger partial charge >= 0.3 is 29.8 Å². The smallest absolute Gasteiger partial charge is 0.303 e. The normalized spacial score (nSPS) is 42.2. The summed E-state index contributed by atoms with van der Waals surface area (Å²) in [6.07, 6.45) is -5.23. The fraction of sp³-hybridized carbons (Fsp3) is 0.767. The zero-order valence-corrected chi connectivity index (χ0v) is 25.1. The summed E-state index contributed by atoms with van der Waals surface area (Å²) < 4.78 is 30.0. The summed E-state index contributed by atoms with van der Waals surface area (Å²) >= 11 is 0. The van der Waals surface area contributed by atoms with E-state index in [0.717, 1.165) is 0 Å². The van der Waals surface area contributed by atoms with Gasteiger partial charge in [-0.15, -0.1) is 0 Å². The lowest BCUT2D eigenvalue weighted by Crippen LogP contribution is -2.77. The van der Waals surface area contributed by atoms with Crippen molar-refractivity contribution < 1.29 is 52.8 Å². The van der Waals surface area contributed by atoms with Gasteiger partial charge in [-0.3, -0.25) is 24.0 Å². The van der Waals surface area contributed by atoms with E-state index in [-0.39, 0.29) is 12.3 Å². The van der Waals surface area contributed by atoms with Crippen molar-refractivity contribution in [2.24, 2.45) is 34.0 Å². The van der Waals surface area contributed by atoms with E-state index < -0.39 is 94.6 Å². The zero-order valence-electron chi connectivity index (χ0n) is 25.1. The number of ether oxygens (including phenoxy) is 5. The third-order valence-corrected chi connectivity index (χ3v) is 10.2. The van der Waals surface area contributed by atoms with Crippen molar-refractivity contribution in [3.63, 3.8) is 0 Å². The van der Waals surface area contributed by atoms with Crippen molar-refractivity contribution in [1.29, 1.82) is 0 Å². The van der Waals surface area contributed by atoms with Crippen LogP contribution in [0.1, 0.15) is 74.7 Å². The van der Waals surface area contributed by atoms with Gasteiger partial charge in [-0.25, -0.2) is 0 Å². The van der Waals surface area contributed by atoms with Crippen LogP contribution in [0, 0.1) is 34.0 Å². The number of aliphatic hydroxyl groups excluding tert-OH is 1. The number of hydrogen-bond donors (Lipinski definition) is 1. The third kappa shape index (κ3) is 4.73. The molecule has 4 aliphatic rings. The molecular formula is C30H42O11. The number of aliphatic hydroxyl groups is 1. The Labute approximate surface area is 240 Å². The topological polar surface area (TPSA) is 152 Å². The molecule has 0 aliphatic heterocycles. The Hall–Kier alpha value is -2.95. The molecule has 11 heteroatoms. The summed E-state index contributed by atoms with van der Waals surface area (Å²) in [5.74, 6) is -4.75. The minimum absolute atomic E-state index is 0.0621. The first-order valence-electron chi connectivity index (χ1n) is 14.1. The van der Waals surface area contributed by atoms with E-state index in [9.17, 15) is 29.1 Å². The van der Waals surface area contributed by atoms with Gasteiger partial charge in [0.15, 0.2) is 0 Å². The SMILES string of the molecule is C=C1C2C[C@H](OC(C)=O)[C@H]3[C@]4(C)[C@@H](OC(C)=O)C[C@H](O)C(C)(C)[C@H]4[C@@H](OC(C)=O)[C@H](OC(C)=O)[C@]3(C2)[C@@H]1OC(C)=O. The monoisotopic (exact) mass is 578 g/mol. The molecule has 1 unspecified atom stereocenters. The average Bonchev–Trinajstić information content (AvgIpc) is 3.00. The number of hydrogen-bond acceptors (Lipinski definition) is 11. The van der Waals surface area contributed by atoms with Gasteiger partial charge < -0.3 is 28.8 Å². The van der Waals surface area contributed by atoms with Gasteiger partial charge in [0.1, 0.15) is 30.5 Å². The molecule has 0 aromatic heterocycles. The molecule has 41 heavy (non-hydrogen) atoms. The van der Waals surface area contributed by atoms with Gasteiger partial charge in [0.2, 0.25) is 0 Å². The van der Waals surface area contributed by atoms with E-state index in [4.69, 9.17) is 23.7 Å². The average molecular weight is 579 g/mol. The number of fused-ring (bicyclic) bond motifs is 3. The maximum atomic E-state index is 12.7. The lowest BCUT2D eigenvalue weighted by Gasteiger charge is -2.70. The largest absolute Gasteiger partial charge is 0.462 e. The Bertz CT molecular complexity index is 1160. The van der Waals surface area contributed by atoms with Gasteiger partial charge in [0, 0.05) is 58.3 Å². The van der Waals surface area contributed by atoms with Gasteiger partial charge in [-0.2, -0.15) is 0 Å². The summed E-state index contributed by atoms with van der Waals surface area (Å²) in [5, 5.41) is 11.4. The van der Waals surface area contributed by atoms with Gasteiger partial charge in [0.25, 0.3) is 0 Å². The molecule has 11 nitrogen and oxygen atoms in total. The quantitative estimate of drug-likeness (QED) is 0.291. The highest BCUT2D eigenvalue weighted by atomic mass is 16.6. The molecule has 4 fully saturated rings. The first-order chi connectivity index (χ1) is 18.9. The Morgan fingerprint density at radius 3 is 1.80 bits per heavy atom. The molecule has 4 saturated carbocycles. The molecule has 4 rings (SSSR count). The van der Waals surface area contributed by atoms with Gasteiger partial charge in [-0.05, 0) is 29.7 Å². The number of esters is 5. The molecule has 11 atom stereocenters. The molecule has 228 valence electrons. The fourth-order valence-electron chi connectivity index (χ4n) is 9.29. The highest BCUT2D eigenvalue weighted by Crippen LogP contribution is 2.74. The first-order valence-corrected chi connectivity index (χ1v) is 14.1. The van der Waals surface area contributed by atoms with Crippen LogP contribution in [0.15, 0.2) is 12.2 Å². The van der Waals surface area contributed by atoms with E-state index in [1.807, 2.05) is 20.8 Å². The Kier molecular flexibility index (Phi) is 7.86. The summed E-state index contributed by atoms with van der Waals surface area (Å²) in [6.45, 7) is 16.1. The van der Waals surface area contributed by atoms with E-state index in [1.165, 1.54) is 34.6 Å². The lowest BCUT2D eigenvalue weighted by molar-refractivity contribution is -0.325. The fourth-order valence-corrected chi connectivity index (χ4v) is 9.29. The number of carbonyl (C=O) groups is 5. The van der Waals surface area contributed by atoms with Crippen molar-refractivity contribution in [1.82, 2.24) is 0 Å². The van der Waals surface area contributed by atoms with Crippen LogP contribution in [-0.4, -0.2) is 71.6 Å². The van der Waals surface area contributed by atoms with Crippen molar-refractivity contribution in [2.45, 2.75) is 111 Å². The minimum Gasteiger partial charge on any atom is -0.462 e. The Morgan fingerprint density at radius 2 is 1.29 bits per heavy atom. The highest BCUT2D eigenvalue weighted by molar-refractivity contribution is 5.69. The Balaban J connectivity index is 2.13. The van der Waals surface area contributed by atoms with E-state index in [0.29, 0.717) is 18.4 Å². The molecule has 1 spiro atoms. The minimum atomic E-state index is -1.26. The molecule has 0 saturated heterocycles. The standard InChI is InChI=1S/C30H42O11/c1-13-19-10-20(37-14(2)31)24-29(9)22(38-15(3)32)11-21(36)28(7,8)25(29)23(39-16(4)33)27(41-18(6)35)30(24,12-19)26(13)40-17(5)34/h19-27,36H,1,10-12H2,2-9H3/t19?,20-,21-,22-,23+,24-,25+,26+,27-,29-,30-/m0/s1. The molecular weight excluding hydrogens is 536 g/mol. The van der Waals surface area contributed by atoms with Crippen LogP contribution in [0.3, 0.4) is 0 Å². The highest BCUT2D eigenvalue weighted by Gasteiger charge is 2.80. The van der Waals surface area contributed by atoms with Crippen LogP contribution in [0.4, 0.5) is 0 Å². The van der Waals surface area contributed by atoms with Gasteiger partial charge in [0.05, 0.1) is 11.5 Å². The maximum absolute atomic E-state index is 12.7. The summed E-state index contributed by atoms with van der Waals surface area (Å²) in [6, 6.07) is 0. The molecule has 1 N–H and O–H groups in total. The second-order valence-corrected chi connectivity index (χ2v) is 13.1. The summed E-state index contributed by atoms with van der Waals surface area (Å²) in [5.41, 5.74) is -2.77. The van der Waals surface area contributed by atoms with Gasteiger partial charge in [-0.1, -0.05) is 27.4 Å². The van der Waals surface area contributed by atoms with Crippen LogP contribution < -0.4 is 0 Å². The maximum Gasteiger partial charge on any atom is 0.303 e. The van der Waals surface area contributed by atoms with Crippen molar-refractivity contribution in [3.8, 4) is 0 Å². The van der Waals surface area contributed by atoms with Crippen LogP contribution in [-0.2, 0) is 47.7 Å². The molecule has 0 amide bonds. The summed E-state index contributed by atoms with van der Waals surface area (Å²) in [7, 11) is 0. The molecule has 0 aromatic rings. The van der Waals surface area contributed by atoms with Crippen LogP contribution in [0.5, 0.6) is 0 Å². The second kappa shape index (κ2) is 10.4. The molecule has 2 bridgehead atoms. The van der Waals surface area contributed by atoms with Crippen molar-refractivity contribution in [2.75, 3.05) is 0 Å². The van der Waals surface area contributed by atoms with E-state index in [1.54, 1.807) is 0 Å². The summed E-state index contributed by atoms with van der Waals surface area (Å²) in [4.78, 5) is 63.0. The lowest BCUT2D eigenvalue weighted by atomic mass is 9.37. The van der Waals surface area contributed by atoms with Crippen molar-refractivity contribution >= 4 is 29.8 Å². The third-order valence-electron chi connectivity index (χ3n) is 10.2. The molecule has 4 aliphatic carbocycles. The van der Waals surface area contributed by atoms with Crippen LogP contribution in [0.2, 0.25) is 0 Å². The molecule has 0 radical (unpaired) electrons. The van der Waals surface area contributed by atoms with Crippen molar-refractivity contribution in [3.05, 3.63) is 12.2 Å². The zero-order chi connectivity index (χ0) is 30.8. The molecule has 0 aromatic carbocycles. The predicted octanol–water partition coefficient (Wildman–Crippen LogP) is 2.65. The number of rotatable bonds is 5. The predicted molar refractivity (Wildman–Crippen MR) is 142 cm³/mol. The second-order valence-electron chi connectivity index (χ2n) is 13.1. The molecule has 0 heterocycles. The number of carbonyl (C=O) groups excluding carboxylic acids is 5. The van der Waals surface area contributed by atoms with E-state index >= 15 is 0 Å². The first kappa shape index (κ1) is 31.0. The van der Waals surface area contributed by atoms with Crippen LogP contribution in [0.25, 0.3) is 0 Å². The Morgan fingerprint density at radius 1 is 0.756 bits per heavy atom. The van der Waals surface area contributed by atoms with Crippen LogP contribution >= 0.6 is 0 Å².